The predicted molar refractivity (Wildman–Crippen MR) is 57.2 cm³/mol. The summed E-state index contributed by atoms with van der Waals surface area (Å²) in [4.78, 5) is 7.16. The minimum absolute atomic E-state index is 0.133. The van der Waals surface area contributed by atoms with Crippen molar-refractivity contribution in [2.45, 2.75) is 5.92 Å². The number of hydrogen-bond acceptors (Lipinski definition) is 3. The maximum atomic E-state index is 8.62. The number of benzene rings is 1. The topological polar surface area (TPSA) is 61.3 Å². The average Bonchev–Trinajstić information content (AvgIpc) is 2.80. The van der Waals surface area contributed by atoms with Crippen molar-refractivity contribution >= 4 is 6.21 Å². The van der Waals surface area contributed by atoms with Gasteiger partial charge in [-0.1, -0.05) is 30.3 Å². The maximum absolute atomic E-state index is 8.62. The number of rotatable bonds is 3. The first-order chi connectivity index (χ1) is 7.42. The minimum Gasteiger partial charge on any atom is -0.411 e. The summed E-state index contributed by atoms with van der Waals surface area (Å²) in [5.41, 5.74) is 1.03. The van der Waals surface area contributed by atoms with E-state index in [0.29, 0.717) is 0 Å². The molecular formula is C11H11N3O. The van der Waals surface area contributed by atoms with E-state index in [2.05, 4.69) is 15.1 Å². The highest BCUT2D eigenvalue weighted by Crippen LogP contribution is 2.19. The van der Waals surface area contributed by atoms with Crippen LogP contribution >= 0.6 is 0 Å². The molecule has 0 bridgehead atoms. The molecule has 2 aromatic rings. The third kappa shape index (κ3) is 2.04. The van der Waals surface area contributed by atoms with Gasteiger partial charge in [0, 0.05) is 12.4 Å². The van der Waals surface area contributed by atoms with Crippen LogP contribution in [0.3, 0.4) is 0 Å². The smallest absolute Gasteiger partial charge is 0.119 e. The van der Waals surface area contributed by atoms with E-state index >= 15 is 0 Å². The van der Waals surface area contributed by atoms with Gasteiger partial charge in [-0.25, -0.2) is 4.98 Å². The van der Waals surface area contributed by atoms with Crippen molar-refractivity contribution in [1.82, 2.24) is 9.97 Å². The molecule has 0 aliphatic heterocycles. The van der Waals surface area contributed by atoms with Gasteiger partial charge in [0.2, 0.25) is 0 Å². The highest BCUT2D eigenvalue weighted by atomic mass is 16.4. The van der Waals surface area contributed by atoms with Crippen LogP contribution in [0.25, 0.3) is 0 Å². The van der Waals surface area contributed by atoms with Crippen LogP contribution in [-0.4, -0.2) is 21.4 Å². The number of aromatic nitrogens is 2. The van der Waals surface area contributed by atoms with E-state index < -0.39 is 0 Å². The Morgan fingerprint density at radius 2 is 2.13 bits per heavy atom. The second-order valence-corrected chi connectivity index (χ2v) is 3.13. The second-order valence-electron chi connectivity index (χ2n) is 3.13. The minimum atomic E-state index is -0.133. The zero-order valence-electron chi connectivity index (χ0n) is 8.04. The highest BCUT2D eigenvalue weighted by Gasteiger charge is 2.13. The molecule has 76 valence electrons. The molecule has 0 saturated carbocycles. The summed E-state index contributed by atoms with van der Waals surface area (Å²) in [6.45, 7) is 0. The summed E-state index contributed by atoms with van der Waals surface area (Å²) in [7, 11) is 0. The van der Waals surface area contributed by atoms with Crippen molar-refractivity contribution in [2.75, 3.05) is 0 Å². The molecule has 1 aromatic heterocycles. The van der Waals surface area contributed by atoms with Gasteiger partial charge < -0.3 is 10.2 Å². The first-order valence-electron chi connectivity index (χ1n) is 4.63. The van der Waals surface area contributed by atoms with E-state index in [0.717, 1.165) is 11.4 Å². The molecule has 0 spiro atoms. The lowest BCUT2D eigenvalue weighted by atomic mass is 10.00. The fraction of sp³-hybridized carbons (Fsp3) is 0.0909. The van der Waals surface area contributed by atoms with Crippen molar-refractivity contribution in [3.63, 3.8) is 0 Å². The van der Waals surface area contributed by atoms with Crippen LogP contribution in [0.4, 0.5) is 0 Å². The fourth-order valence-corrected chi connectivity index (χ4v) is 1.49. The summed E-state index contributed by atoms with van der Waals surface area (Å²) in [6, 6.07) is 9.76. The molecule has 1 unspecified atom stereocenters. The van der Waals surface area contributed by atoms with Crippen molar-refractivity contribution in [3.8, 4) is 0 Å². The Bertz CT molecular complexity index is 422. The Morgan fingerprint density at radius 1 is 1.33 bits per heavy atom. The van der Waals surface area contributed by atoms with Crippen molar-refractivity contribution in [1.29, 1.82) is 0 Å². The summed E-state index contributed by atoms with van der Waals surface area (Å²) >= 11 is 0. The van der Waals surface area contributed by atoms with Gasteiger partial charge in [0.1, 0.15) is 5.82 Å². The van der Waals surface area contributed by atoms with E-state index in [4.69, 9.17) is 5.21 Å². The van der Waals surface area contributed by atoms with Gasteiger partial charge >= 0.3 is 0 Å². The van der Waals surface area contributed by atoms with Crippen LogP contribution in [0.2, 0.25) is 0 Å². The van der Waals surface area contributed by atoms with Crippen LogP contribution < -0.4 is 0 Å². The second kappa shape index (κ2) is 4.41. The lowest BCUT2D eigenvalue weighted by molar-refractivity contribution is 0.320. The van der Waals surface area contributed by atoms with Crippen molar-refractivity contribution < 1.29 is 5.21 Å². The molecule has 0 aliphatic carbocycles. The standard InChI is InChI=1S/C11H11N3O/c15-14-8-10(11-12-6-7-13-11)9-4-2-1-3-5-9/h1-8,10,15H,(H,12,13)/b14-8-. The Balaban J connectivity index is 2.37. The first-order valence-corrected chi connectivity index (χ1v) is 4.63. The Hall–Kier alpha value is -2.10. The van der Waals surface area contributed by atoms with Gasteiger partial charge in [-0.3, -0.25) is 0 Å². The number of oxime groups is 1. The molecular weight excluding hydrogens is 190 g/mol. The number of nitrogens with one attached hydrogen (secondary N) is 1. The molecule has 0 radical (unpaired) electrons. The van der Waals surface area contributed by atoms with E-state index in [1.54, 1.807) is 12.4 Å². The van der Waals surface area contributed by atoms with Gasteiger partial charge in [-0.05, 0) is 5.56 Å². The molecule has 2 N–H and O–H groups in total. The molecule has 0 amide bonds. The van der Waals surface area contributed by atoms with E-state index in [1.165, 1.54) is 6.21 Å². The molecule has 0 fully saturated rings. The molecule has 0 aliphatic rings. The van der Waals surface area contributed by atoms with Crippen LogP contribution in [0.1, 0.15) is 17.3 Å². The van der Waals surface area contributed by atoms with E-state index in [1.807, 2.05) is 30.3 Å². The largest absolute Gasteiger partial charge is 0.411 e. The lowest BCUT2D eigenvalue weighted by Crippen LogP contribution is -2.04. The Labute approximate surface area is 87.3 Å². The number of aromatic amines is 1. The summed E-state index contributed by atoms with van der Waals surface area (Å²) in [5.74, 6) is 0.630. The van der Waals surface area contributed by atoms with Crippen LogP contribution in [0, 0.1) is 0 Å². The molecule has 0 saturated heterocycles. The molecule has 4 nitrogen and oxygen atoms in total. The van der Waals surface area contributed by atoms with Crippen LogP contribution in [0.15, 0.2) is 47.9 Å². The van der Waals surface area contributed by atoms with Crippen molar-refractivity contribution in [3.05, 3.63) is 54.1 Å². The molecule has 1 aromatic carbocycles. The highest BCUT2D eigenvalue weighted by molar-refractivity contribution is 5.70. The molecule has 4 heteroatoms. The predicted octanol–water partition coefficient (Wildman–Crippen LogP) is 2.00. The zero-order valence-corrected chi connectivity index (χ0v) is 8.04. The lowest BCUT2D eigenvalue weighted by Gasteiger charge is -2.08. The third-order valence-electron chi connectivity index (χ3n) is 2.19. The average molecular weight is 201 g/mol. The van der Waals surface area contributed by atoms with Gasteiger partial charge in [0.25, 0.3) is 0 Å². The van der Waals surface area contributed by atoms with E-state index in [9.17, 15) is 0 Å². The van der Waals surface area contributed by atoms with Crippen LogP contribution in [-0.2, 0) is 0 Å². The number of nitrogens with zero attached hydrogens (tertiary/aromatic N) is 2. The van der Waals surface area contributed by atoms with E-state index in [-0.39, 0.29) is 5.92 Å². The van der Waals surface area contributed by atoms with Gasteiger partial charge in [-0.15, -0.1) is 5.16 Å². The Kier molecular flexibility index (Phi) is 2.78. The van der Waals surface area contributed by atoms with Gasteiger partial charge in [0.05, 0.1) is 12.1 Å². The zero-order chi connectivity index (χ0) is 10.5. The summed E-state index contributed by atoms with van der Waals surface area (Å²) in [6.07, 6.45) is 4.88. The normalized spacial score (nSPS) is 13.1. The van der Waals surface area contributed by atoms with Crippen molar-refractivity contribution in [2.24, 2.45) is 5.16 Å². The number of H-pyrrole nitrogens is 1. The quantitative estimate of drug-likeness (QED) is 0.453. The Morgan fingerprint density at radius 3 is 2.73 bits per heavy atom. The SMILES string of the molecule is O/N=C\C(c1ccccc1)c1ncc[nH]1. The number of imidazole rings is 1. The van der Waals surface area contributed by atoms with Crippen LogP contribution in [0.5, 0.6) is 0 Å². The molecule has 1 heterocycles. The molecule has 15 heavy (non-hydrogen) atoms. The summed E-state index contributed by atoms with van der Waals surface area (Å²) < 4.78 is 0. The van der Waals surface area contributed by atoms with Gasteiger partial charge in [0.15, 0.2) is 0 Å². The maximum Gasteiger partial charge on any atom is 0.119 e. The first kappa shape index (κ1) is 9.45. The third-order valence-corrected chi connectivity index (χ3v) is 2.19. The monoisotopic (exact) mass is 201 g/mol. The molecule has 1 atom stereocenters. The molecule has 2 rings (SSSR count). The van der Waals surface area contributed by atoms with Gasteiger partial charge in [-0.2, -0.15) is 0 Å². The number of hydrogen-bond donors (Lipinski definition) is 2. The summed E-state index contributed by atoms with van der Waals surface area (Å²) in [5, 5.41) is 11.7. The fourth-order valence-electron chi connectivity index (χ4n) is 1.49.